The van der Waals surface area contributed by atoms with E-state index in [1.165, 1.54) is 0 Å². The fourth-order valence-corrected chi connectivity index (χ4v) is 1.93. The first-order valence-corrected chi connectivity index (χ1v) is 7.59. The molecule has 0 unspecified atom stereocenters. The van der Waals surface area contributed by atoms with Crippen molar-refractivity contribution in [2.24, 2.45) is 5.41 Å². The van der Waals surface area contributed by atoms with Crippen molar-refractivity contribution in [3.8, 4) is 0 Å². The van der Waals surface area contributed by atoms with Gasteiger partial charge in [-0.3, -0.25) is 9.59 Å². The minimum absolute atomic E-state index is 0.343. The van der Waals surface area contributed by atoms with Gasteiger partial charge in [-0.25, -0.2) is 0 Å². The van der Waals surface area contributed by atoms with Crippen molar-refractivity contribution >= 4 is 40.7 Å². The normalized spacial score (nSPS) is 11.4. The quantitative estimate of drug-likeness (QED) is 0.779. The largest absolute Gasteiger partial charge is 0.354 e. The van der Waals surface area contributed by atoms with Crippen LogP contribution in [0.3, 0.4) is 0 Å². The molecular weight excluding hydrogens is 325 g/mol. The Bertz CT molecular complexity index is 560. The zero-order valence-corrected chi connectivity index (χ0v) is 14.7. The highest BCUT2D eigenvalue weighted by atomic mass is 35.5. The topological polar surface area (TPSA) is 61.4 Å². The Morgan fingerprint density at radius 1 is 1.18 bits per heavy atom. The van der Waals surface area contributed by atoms with Crippen molar-refractivity contribution in [2.75, 3.05) is 32.5 Å². The molecule has 0 saturated heterocycles. The summed E-state index contributed by atoms with van der Waals surface area (Å²) >= 11 is 11.9. The third-order valence-corrected chi connectivity index (χ3v) is 3.72. The van der Waals surface area contributed by atoms with E-state index in [1.54, 1.807) is 32.0 Å². The van der Waals surface area contributed by atoms with E-state index in [9.17, 15) is 9.59 Å². The zero-order valence-electron chi connectivity index (χ0n) is 13.2. The lowest BCUT2D eigenvalue weighted by Gasteiger charge is -2.23. The minimum Gasteiger partial charge on any atom is -0.354 e. The minimum atomic E-state index is -1.22. The van der Waals surface area contributed by atoms with Gasteiger partial charge in [0, 0.05) is 18.1 Å². The lowest BCUT2D eigenvalue weighted by molar-refractivity contribution is -0.138. The molecule has 1 rings (SSSR count). The molecule has 2 N–H and O–H groups in total. The van der Waals surface area contributed by atoms with Crippen molar-refractivity contribution in [1.29, 1.82) is 0 Å². The summed E-state index contributed by atoms with van der Waals surface area (Å²) in [7, 11) is 3.82. The summed E-state index contributed by atoms with van der Waals surface area (Å²) < 4.78 is 0. The maximum Gasteiger partial charge on any atom is 0.239 e. The second kappa shape index (κ2) is 7.81. The first kappa shape index (κ1) is 18.7. The van der Waals surface area contributed by atoms with Crippen molar-refractivity contribution < 1.29 is 9.59 Å². The van der Waals surface area contributed by atoms with Crippen LogP contribution in [0.4, 0.5) is 5.69 Å². The average Bonchev–Trinajstić information content (AvgIpc) is 2.42. The zero-order chi connectivity index (χ0) is 16.9. The molecule has 0 aliphatic rings. The van der Waals surface area contributed by atoms with Crippen molar-refractivity contribution in [3.63, 3.8) is 0 Å². The van der Waals surface area contributed by atoms with Crippen LogP contribution in [0.5, 0.6) is 0 Å². The average molecular weight is 346 g/mol. The molecular formula is C15H21Cl2N3O2. The number of hydrogen-bond acceptors (Lipinski definition) is 3. The molecule has 1 aromatic carbocycles. The van der Waals surface area contributed by atoms with Crippen LogP contribution in [0.1, 0.15) is 13.8 Å². The number of carbonyl (C=O) groups excluding carboxylic acids is 2. The van der Waals surface area contributed by atoms with E-state index < -0.39 is 11.3 Å². The van der Waals surface area contributed by atoms with Gasteiger partial charge in [0.15, 0.2) is 0 Å². The molecule has 122 valence electrons. The number of nitrogens with zero attached hydrogens (tertiary/aromatic N) is 1. The van der Waals surface area contributed by atoms with Crippen LogP contribution >= 0.6 is 23.2 Å². The molecule has 0 bridgehead atoms. The molecule has 0 atom stereocenters. The Morgan fingerprint density at radius 2 is 1.82 bits per heavy atom. The van der Waals surface area contributed by atoms with E-state index in [4.69, 9.17) is 23.2 Å². The Labute approximate surface area is 141 Å². The van der Waals surface area contributed by atoms with E-state index in [1.807, 2.05) is 19.0 Å². The lowest BCUT2D eigenvalue weighted by Crippen LogP contribution is -2.46. The summed E-state index contributed by atoms with van der Waals surface area (Å²) in [5.74, 6) is -0.788. The smallest absolute Gasteiger partial charge is 0.239 e. The highest BCUT2D eigenvalue weighted by molar-refractivity contribution is 6.35. The third-order valence-electron chi connectivity index (χ3n) is 3.16. The Morgan fingerprint density at radius 3 is 2.41 bits per heavy atom. The van der Waals surface area contributed by atoms with Gasteiger partial charge >= 0.3 is 0 Å². The van der Waals surface area contributed by atoms with E-state index in [-0.39, 0.29) is 5.91 Å². The fraction of sp³-hybridized carbons (Fsp3) is 0.467. The highest BCUT2D eigenvalue weighted by Gasteiger charge is 2.36. The number of carbonyl (C=O) groups is 2. The second-order valence-electron chi connectivity index (χ2n) is 5.76. The number of amides is 2. The number of halogens is 2. The predicted octanol–water partition coefficient (Wildman–Crippen LogP) is 2.64. The number of benzene rings is 1. The molecule has 22 heavy (non-hydrogen) atoms. The van der Waals surface area contributed by atoms with E-state index >= 15 is 0 Å². The molecule has 7 heteroatoms. The molecule has 0 radical (unpaired) electrons. The number of likely N-dealkylation sites (N-methyl/N-ethyl adjacent to an activating group) is 1. The summed E-state index contributed by atoms with van der Waals surface area (Å²) in [5.41, 5.74) is -0.842. The van der Waals surface area contributed by atoms with Gasteiger partial charge in [0.05, 0.1) is 10.7 Å². The fourth-order valence-electron chi connectivity index (χ4n) is 1.59. The van der Waals surface area contributed by atoms with Crippen molar-refractivity contribution in [3.05, 3.63) is 28.2 Å². The lowest BCUT2D eigenvalue weighted by atomic mass is 9.91. The summed E-state index contributed by atoms with van der Waals surface area (Å²) in [4.78, 5) is 26.5. The Hall–Kier alpha value is -1.30. The first-order chi connectivity index (χ1) is 10.1. The van der Waals surface area contributed by atoms with Crippen LogP contribution in [0, 0.1) is 5.41 Å². The van der Waals surface area contributed by atoms with Gasteiger partial charge in [-0.1, -0.05) is 23.2 Å². The molecule has 0 aliphatic heterocycles. The number of hydrogen-bond donors (Lipinski definition) is 2. The molecule has 0 heterocycles. The summed E-state index contributed by atoms with van der Waals surface area (Å²) in [6.07, 6.45) is 0. The molecule has 0 spiro atoms. The number of rotatable bonds is 6. The second-order valence-corrected chi connectivity index (χ2v) is 6.61. The molecule has 0 aromatic heterocycles. The predicted molar refractivity (Wildman–Crippen MR) is 90.4 cm³/mol. The van der Waals surface area contributed by atoms with Gasteiger partial charge in [-0.2, -0.15) is 0 Å². The maximum absolute atomic E-state index is 12.4. The van der Waals surface area contributed by atoms with Crippen molar-refractivity contribution in [1.82, 2.24) is 10.2 Å². The van der Waals surface area contributed by atoms with Gasteiger partial charge in [-0.15, -0.1) is 0 Å². The third kappa shape index (κ3) is 5.16. The Kier molecular flexibility index (Phi) is 6.66. The molecule has 2 amide bonds. The summed E-state index contributed by atoms with van der Waals surface area (Å²) in [6.45, 7) is 4.29. The highest BCUT2D eigenvalue weighted by Crippen LogP contribution is 2.27. The first-order valence-electron chi connectivity index (χ1n) is 6.84. The summed E-state index contributed by atoms with van der Waals surface area (Å²) in [5, 5.41) is 6.21. The van der Waals surface area contributed by atoms with E-state index in [0.717, 1.165) is 0 Å². The van der Waals surface area contributed by atoms with Crippen LogP contribution in [0.15, 0.2) is 18.2 Å². The molecule has 1 aromatic rings. The SMILES string of the molecule is CN(C)CCNC(=O)C(C)(C)C(=O)Nc1cc(Cl)ccc1Cl. The van der Waals surface area contributed by atoms with Gasteiger partial charge in [0.1, 0.15) is 5.41 Å². The standard InChI is InChI=1S/C15H21Cl2N3O2/c1-15(2,13(21)18-7-8-20(3)4)14(22)19-12-9-10(16)5-6-11(12)17/h5-6,9H,7-8H2,1-4H3,(H,18,21)(H,19,22). The molecule has 0 saturated carbocycles. The van der Waals surface area contributed by atoms with E-state index in [0.29, 0.717) is 28.8 Å². The van der Waals surface area contributed by atoms with Crippen LogP contribution in [0.25, 0.3) is 0 Å². The van der Waals surface area contributed by atoms with Crippen LogP contribution in [0.2, 0.25) is 10.0 Å². The van der Waals surface area contributed by atoms with Gasteiger partial charge in [0.2, 0.25) is 11.8 Å². The van der Waals surface area contributed by atoms with Crippen LogP contribution in [-0.2, 0) is 9.59 Å². The monoisotopic (exact) mass is 345 g/mol. The molecule has 0 aliphatic carbocycles. The van der Waals surface area contributed by atoms with Crippen LogP contribution < -0.4 is 10.6 Å². The Balaban J connectivity index is 2.73. The molecule has 0 fully saturated rings. The van der Waals surface area contributed by atoms with Gasteiger partial charge in [-0.05, 0) is 46.1 Å². The number of nitrogens with one attached hydrogen (secondary N) is 2. The van der Waals surface area contributed by atoms with Crippen LogP contribution in [-0.4, -0.2) is 43.9 Å². The maximum atomic E-state index is 12.4. The summed E-state index contributed by atoms with van der Waals surface area (Å²) in [6, 6.07) is 4.75. The molecule has 5 nitrogen and oxygen atoms in total. The van der Waals surface area contributed by atoms with E-state index in [2.05, 4.69) is 10.6 Å². The van der Waals surface area contributed by atoms with Gasteiger partial charge < -0.3 is 15.5 Å². The number of anilines is 1. The van der Waals surface area contributed by atoms with Gasteiger partial charge in [0.25, 0.3) is 0 Å². The van der Waals surface area contributed by atoms with Crippen molar-refractivity contribution in [2.45, 2.75) is 13.8 Å².